The van der Waals surface area contributed by atoms with E-state index in [1.807, 2.05) is 19.1 Å². The Balaban J connectivity index is 1.94. The molecular formula is C14H15BrN2OS. The second-order valence-corrected chi connectivity index (χ2v) is 6.25. The quantitative estimate of drug-likeness (QED) is 0.879. The van der Waals surface area contributed by atoms with Crippen molar-refractivity contribution in [2.75, 3.05) is 0 Å². The van der Waals surface area contributed by atoms with E-state index >= 15 is 0 Å². The van der Waals surface area contributed by atoms with Crippen LogP contribution in [0.15, 0.2) is 34.1 Å². The standard InChI is InChI=1S/C14H15BrN2OS/c1-9-4-10(14(16)18)2-3-11(9)6-17-7-13-5-12(15)8-19-13/h2-5,8,17H,6-7H2,1H3,(H2,16,18). The fourth-order valence-electron chi connectivity index (χ4n) is 1.81. The molecule has 19 heavy (non-hydrogen) atoms. The van der Waals surface area contributed by atoms with E-state index in [4.69, 9.17) is 5.73 Å². The lowest BCUT2D eigenvalue weighted by Gasteiger charge is -2.08. The number of primary amides is 1. The zero-order chi connectivity index (χ0) is 13.8. The van der Waals surface area contributed by atoms with E-state index in [2.05, 4.69) is 32.7 Å². The number of thiophene rings is 1. The molecule has 1 aromatic carbocycles. The van der Waals surface area contributed by atoms with Crippen LogP contribution >= 0.6 is 27.3 Å². The minimum atomic E-state index is -0.383. The number of rotatable bonds is 5. The Kier molecular flexibility index (Phi) is 4.74. The number of halogens is 1. The van der Waals surface area contributed by atoms with Gasteiger partial charge in [-0.3, -0.25) is 4.79 Å². The first-order valence-electron chi connectivity index (χ1n) is 5.89. The topological polar surface area (TPSA) is 55.1 Å². The summed E-state index contributed by atoms with van der Waals surface area (Å²) in [5.41, 5.74) is 8.07. The fraction of sp³-hybridized carbons (Fsp3) is 0.214. The molecule has 2 aromatic rings. The van der Waals surface area contributed by atoms with Crippen molar-refractivity contribution in [3.8, 4) is 0 Å². The average Bonchev–Trinajstić information content (AvgIpc) is 2.77. The number of aryl methyl sites for hydroxylation is 1. The van der Waals surface area contributed by atoms with Crippen molar-refractivity contribution < 1.29 is 4.79 Å². The van der Waals surface area contributed by atoms with Crippen LogP contribution in [0.3, 0.4) is 0 Å². The molecule has 3 N–H and O–H groups in total. The molecule has 0 fully saturated rings. The van der Waals surface area contributed by atoms with Crippen molar-refractivity contribution in [2.24, 2.45) is 5.73 Å². The third-order valence-electron chi connectivity index (χ3n) is 2.86. The van der Waals surface area contributed by atoms with E-state index in [1.54, 1.807) is 17.4 Å². The van der Waals surface area contributed by atoms with Gasteiger partial charge in [-0.05, 0) is 52.2 Å². The Labute approximate surface area is 125 Å². The van der Waals surface area contributed by atoms with E-state index < -0.39 is 0 Å². The molecule has 0 aliphatic rings. The highest BCUT2D eigenvalue weighted by molar-refractivity contribution is 9.10. The molecule has 0 unspecified atom stereocenters. The first-order valence-corrected chi connectivity index (χ1v) is 7.56. The van der Waals surface area contributed by atoms with Gasteiger partial charge in [0, 0.05) is 33.4 Å². The van der Waals surface area contributed by atoms with Crippen molar-refractivity contribution in [3.63, 3.8) is 0 Å². The van der Waals surface area contributed by atoms with Crippen LogP contribution in [0, 0.1) is 6.92 Å². The number of nitrogens with two attached hydrogens (primary N) is 1. The van der Waals surface area contributed by atoms with Crippen molar-refractivity contribution in [1.82, 2.24) is 5.32 Å². The smallest absolute Gasteiger partial charge is 0.248 e. The summed E-state index contributed by atoms with van der Waals surface area (Å²) in [6, 6.07) is 7.67. The Hall–Kier alpha value is -1.17. The van der Waals surface area contributed by atoms with Gasteiger partial charge in [-0.15, -0.1) is 11.3 Å². The molecule has 0 aliphatic carbocycles. The largest absolute Gasteiger partial charge is 0.366 e. The maximum absolute atomic E-state index is 11.1. The fourth-order valence-corrected chi connectivity index (χ4v) is 3.23. The van der Waals surface area contributed by atoms with Gasteiger partial charge in [-0.2, -0.15) is 0 Å². The Morgan fingerprint density at radius 2 is 2.16 bits per heavy atom. The van der Waals surface area contributed by atoms with Gasteiger partial charge in [-0.25, -0.2) is 0 Å². The summed E-state index contributed by atoms with van der Waals surface area (Å²) in [7, 11) is 0. The van der Waals surface area contributed by atoms with E-state index in [0.717, 1.165) is 23.1 Å². The molecule has 0 saturated heterocycles. The highest BCUT2D eigenvalue weighted by Gasteiger charge is 2.04. The van der Waals surface area contributed by atoms with Crippen LogP contribution in [0.2, 0.25) is 0 Å². The van der Waals surface area contributed by atoms with Crippen LogP contribution in [0.5, 0.6) is 0 Å². The molecule has 0 atom stereocenters. The van der Waals surface area contributed by atoms with Gasteiger partial charge in [0.15, 0.2) is 0 Å². The normalized spacial score (nSPS) is 10.6. The van der Waals surface area contributed by atoms with Gasteiger partial charge in [0.05, 0.1) is 0 Å². The van der Waals surface area contributed by atoms with Crippen LogP contribution in [0.4, 0.5) is 0 Å². The van der Waals surface area contributed by atoms with Gasteiger partial charge < -0.3 is 11.1 Å². The Bertz CT molecular complexity index is 595. The zero-order valence-electron chi connectivity index (χ0n) is 10.6. The minimum Gasteiger partial charge on any atom is -0.366 e. The van der Waals surface area contributed by atoms with E-state index in [-0.39, 0.29) is 5.91 Å². The molecule has 0 bridgehead atoms. The Morgan fingerprint density at radius 1 is 1.37 bits per heavy atom. The van der Waals surface area contributed by atoms with Gasteiger partial charge >= 0.3 is 0 Å². The Morgan fingerprint density at radius 3 is 2.74 bits per heavy atom. The van der Waals surface area contributed by atoms with Crippen molar-refractivity contribution >= 4 is 33.2 Å². The summed E-state index contributed by atoms with van der Waals surface area (Å²) in [5, 5.41) is 5.47. The second-order valence-electron chi connectivity index (χ2n) is 4.34. The molecule has 100 valence electrons. The van der Waals surface area contributed by atoms with Crippen LogP contribution in [0.25, 0.3) is 0 Å². The molecule has 5 heteroatoms. The molecule has 2 rings (SSSR count). The molecule has 1 heterocycles. The molecule has 0 aliphatic heterocycles. The zero-order valence-corrected chi connectivity index (χ0v) is 13.0. The highest BCUT2D eigenvalue weighted by Crippen LogP contribution is 2.19. The molecule has 1 amide bonds. The number of amides is 1. The number of nitrogens with one attached hydrogen (secondary N) is 1. The number of hydrogen-bond acceptors (Lipinski definition) is 3. The van der Waals surface area contributed by atoms with Gasteiger partial charge in [-0.1, -0.05) is 6.07 Å². The van der Waals surface area contributed by atoms with Crippen molar-refractivity contribution in [3.05, 3.63) is 55.7 Å². The maximum Gasteiger partial charge on any atom is 0.248 e. The van der Waals surface area contributed by atoms with Crippen molar-refractivity contribution in [1.29, 1.82) is 0 Å². The van der Waals surface area contributed by atoms with Crippen molar-refractivity contribution in [2.45, 2.75) is 20.0 Å². The lowest BCUT2D eigenvalue weighted by atomic mass is 10.0. The number of carbonyl (C=O) groups is 1. The molecule has 0 radical (unpaired) electrons. The first-order chi connectivity index (χ1) is 9.06. The lowest BCUT2D eigenvalue weighted by Crippen LogP contribution is -2.14. The summed E-state index contributed by atoms with van der Waals surface area (Å²) in [6.07, 6.45) is 0. The monoisotopic (exact) mass is 338 g/mol. The molecule has 3 nitrogen and oxygen atoms in total. The van der Waals surface area contributed by atoms with Crippen LogP contribution < -0.4 is 11.1 Å². The lowest BCUT2D eigenvalue weighted by molar-refractivity contribution is 0.1000. The van der Waals surface area contributed by atoms with Crippen LogP contribution in [0.1, 0.15) is 26.4 Å². The molecular weight excluding hydrogens is 324 g/mol. The summed E-state index contributed by atoms with van der Waals surface area (Å²) in [4.78, 5) is 12.4. The average molecular weight is 339 g/mol. The third-order valence-corrected chi connectivity index (χ3v) is 4.56. The van der Waals surface area contributed by atoms with Crippen LogP contribution in [-0.4, -0.2) is 5.91 Å². The maximum atomic E-state index is 11.1. The predicted molar refractivity (Wildman–Crippen MR) is 82.3 cm³/mol. The van der Waals surface area contributed by atoms with Crippen LogP contribution in [-0.2, 0) is 13.1 Å². The van der Waals surface area contributed by atoms with Gasteiger partial charge in [0.1, 0.15) is 0 Å². The number of hydrogen-bond donors (Lipinski definition) is 2. The summed E-state index contributed by atoms with van der Waals surface area (Å²) < 4.78 is 1.12. The van der Waals surface area contributed by atoms with E-state index in [9.17, 15) is 4.79 Å². The minimum absolute atomic E-state index is 0.383. The van der Waals surface area contributed by atoms with Gasteiger partial charge in [0.25, 0.3) is 0 Å². The number of benzene rings is 1. The second kappa shape index (κ2) is 6.32. The third kappa shape index (κ3) is 3.89. The summed E-state index contributed by atoms with van der Waals surface area (Å²) >= 11 is 5.17. The summed E-state index contributed by atoms with van der Waals surface area (Å²) in [5.74, 6) is -0.383. The molecule has 0 spiro atoms. The van der Waals surface area contributed by atoms with E-state index in [1.165, 1.54) is 10.4 Å². The molecule has 0 saturated carbocycles. The number of carbonyl (C=O) groups excluding carboxylic acids is 1. The predicted octanol–water partition coefficient (Wildman–Crippen LogP) is 3.21. The molecule has 1 aromatic heterocycles. The summed E-state index contributed by atoms with van der Waals surface area (Å²) in [6.45, 7) is 3.61. The van der Waals surface area contributed by atoms with E-state index in [0.29, 0.717) is 5.56 Å². The van der Waals surface area contributed by atoms with Gasteiger partial charge in [0.2, 0.25) is 5.91 Å². The first kappa shape index (κ1) is 14.2. The highest BCUT2D eigenvalue weighted by atomic mass is 79.9. The SMILES string of the molecule is Cc1cc(C(N)=O)ccc1CNCc1cc(Br)cs1.